The van der Waals surface area contributed by atoms with E-state index < -0.39 is 0 Å². The van der Waals surface area contributed by atoms with Crippen molar-refractivity contribution in [1.29, 1.82) is 0 Å². The Morgan fingerprint density at radius 1 is 1.36 bits per heavy atom. The van der Waals surface area contributed by atoms with Gasteiger partial charge in [-0.3, -0.25) is 9.99 Å². The van der Waals surface area contributed by atoms with Gasteiger partial charge in [0.05, 0.1) is 11.9 Å². The van der Waals surface area contributed by atoms with Crippen molar-refractivity contribution in [2.75, 3.05) is 5.32 Å². The van der Waals surface area contributed by atoms with Gasteiger partial charge in [-0.05, 0) is 44.3 Å². The van der Waals surface area contributed by atoms with Gasteiger partial charge in [0.25, 0.3) is 0 Å². The van der Waals surface area contributed by atoms with Gasteiger partial charge in [0.15, 0.2) is 10.2 Å². The molecule has 2 N–H and O–H groups in total. The van der Waals surface area contributed by atoms with Gasteiger partial charge in [-0.25, -0.2) is 9.37 Å². The largest absolute Gasteiger partial charge is 0.329 e. The lowest BCUT2D eigenvalue weighted by Gasteiger charge is -2.07. The zero-order chi connectivity index (χ0) is 17.8. The molecule has 0 bridgehead atoms. The highest BCUT2D eigenvalue weighted by atomic mass is 32.1. The quantitative estimate of drug-likeness (QED) is 0.412. The molecule has 1 aromatic carbocycles. The molecule has 25 heavy (non-hydrogen) atoms. The highest BCUT2D eigenvalue weighted by Gasteiger charge is 2.11. The number of thiocarbonyl (C=S) groups is 1. The molecule has 0 aliphatic rings. The van der Waals surface area contributed by atoms with E-state index in [1.807, 2.05) is 25.3 Å². The zero-order valence-electron chi connectivity index (χ0n) is 13.7. The summed E-state index contributed by atoms with van der Waals surface area (Å²) in [4.78, 5) is 4.34. The summed E-state index contributed by atoms with van der Waals surface area (Å²) >= 11 is 6.70. The van der Waals surface area contributed by atoms with E-state index in [4.69, 9.17) is 12.2 Å². The lowest BCUT2D eigenvalue weighted by molar-refractivity contribution is 0.632. The van der Waals surface area contributed by atoms with E-state index in [2.05, 4.69) is 25.4 Å². The van der Waals surface area contributed by atoms with Crippen molar-refractivity contribution in [3.05, 3.63) is 64.7 Å². The second kappa shape index (κ2) is 7.54. The summed E-state index contributed by atoms with van der Waals surface area (Å²) in [5, 5.41) is 9.98. The van der Waals surface area contributed by atoms with Crippen molar-refractivity contribution in [2.45, 2.75) is 13.8 Å². The molecule has 8 heteroatoms. The molecule has 0 fully saturated rings. The fourth-order valence-corrected chi connectivity index (χ4v) is 3.33. The second-order valence-electron chi connectivity index (χ2n) is 5.28. The normalized spacial score (nSPS) is 11.0. The molecule has 0 unspecified atom stereocenters. The Hall–Kier alpha value is -2.58. The summed E-state index contributed by atoms with van der Waals surface area (Å²) in [5.74, 6) is -0.373. The van der Waals surface area contributed by atoms with Crippen molar-refractivity contribution in [1.82, 2.24) is 15.0 Å². The Kier molecular flexibility index (Phi) is 5.20. The minimum absolute atomic E-state index is 0.218. The number of hydrogen-bond donors (Lipinski definition) is 2. The van der Waals surface area contributed by atoms with Crippen LogP contribution in [0.4, 0.5) is 10.1 Å². The minimum Gasteiger partial charge on any atom is -0.329 e. The minimum atomic E-state index is -0.373. The number of nitrogens with zero attached hydrogens (tertiary/aromatic N) is 3. The Morgan fingerprint density at radius 2 is 2.16 bits per heavy atom. The molecule has 0 aliphatic carbocycles. The zero-order valence-corrected chi connectivity index (χ0v) is 15.3. The smallest absolute Gasteiger partial charge is 0.193 e. The van der Waals surface area contributed by atoms with Crippen LogP contribution in [0.3, 0.4) is 0 Å². The van der Waals surface area contributed by atoms with Crippen LogP contribution in [0.1, 0.15) is 17.0 Å². The predicted octanol–water partition coefficient (Wildman–Crippen LogP) is 4.01. The topological polar surface area (TPSA) is 54.2 Å². The molecule has 0 atom stereocenters. The molecule has 2 heterocycles. The number of benzene rings is 1. The van der Waals surface area contributed by atoms with Crippen LogP contribution in [0.5, 0.6) is 0 Å². The van der Waals surface area contributed by atoms with E-state index in [1.54, 1.807) is 41.9 Å². The number of rotatable bonds is 4. The van der Waals surface area contributed by atoms with Crippen LogP contribution in [-0.2, 0) is 0 Å². The Labute approximate surface area is 154 Å². The number of aromatic nitrogens is 2. The van der Waals surface area contributed by atoms with Crippen LogP contribution < -0.4 is 10.7 Å². The summed E-state index contributed by atoms with van der Waals surface area (Å²) in [7, 11) is 0. The highest BCUT2D eigenvalue weighted by Crippen LogP contribution is 2.21. The van der Waals surface area contributed by atoms with Gasteiger partial charge in [0.1, 0.15) is 5.82 Å². The Morgan fingerprint density at radius 3 is 2.88 bits per heavy atom. The van der Waals surface area contributed by atoms with E-state index >= 15 is 0 Å². The van der Waals surface area contributed by atoms with Crippen LogP contribution in [0.25, 0.3) is 5.13 Å². The molecule has 0 amide bonds. The van der Waals surface area contributed by atoms with Crippen molar-refractivity contribution in [2.24, 2.45) is 5.10 Å². The number of nitrogens with one attached hydrogen (secondary N) is 2. The third-order valence-electron chi connectivity index (χ3n) is 3.57. The number of thiazole rings is 1. The van der Waals surface area contributed by atoms with Gasteiger partial charge >= 0.3 is 0 Å². The van der Waals surface area contributed by atoms with Crippen LogP contribution in [0.15, 0.2) is 47.0 Å². The average molecular weight is 373 g/mol. The maximum Gasteiger partial charge on any atom is 0.193 e. The second-order valence-corrected chi connectivity index (χ2v) is 6.56. The van der Waals surface area contributed by atoms with Gasteiger partial charge in [-0.15, -0.1) is 11.3 Å². The molecule has 0 spiro atoms. The Balaban J connectivity index is 1.68. The van der Waals surface area contributed by atoms with Crippen molar-refractivity contribution < 1.29 is 4.39 Å². The summed E-state index contributed by atoms with van der Waals surface area (Å²) in [6, 6.07) is 8.34. The lowest BCUT2D eigenvalue weighted by Crippen LogP contribution is -2.24. The van der Waals surface area contributed by atoms with Crippen LogP contribution in [0.2, 0.25) is 0 Å². The summed E-state index contributed by atoms with van der Waals surface area (Å²) in [6.45, 7) is 4.02. The molecule has 3 rings (SSSR count). The first kappa shape index (κ1) is 17.2. The lowest BCUT2D eigenvalue weighted by atomic mass is 10.3. The average Bonchev–Trinajstić information content (AvgIpc) is 3.18. The van der Waals surface area contributed by atoms with Gasteiger partial charge in [-0.1, -0.05) is 12.1 Å². The molecule has 3 aromatic rings. The predicted molar refractivity (Wildman–Crippen MR) is 104 cm³/mol. The van der Waals surface area contributed by atoms with Crippen molar-refractivity contribution >= 4 is 40.6 Å². The number of anilines is 1. The fraction of sp³-hybridized carbons (Fsp3) is 0.118. The number of aryl methyl sites for hydroxylation is 1. The first-order chi connectivity index (χ1) is 12.1. The molecule has 0 saturated carbocycles. The van der Waals surface area contributed by atoms with Crippen LogP contribution >= 0.6 is 23.6 Å². The van der Waals surface area contributed by atoms with E-state index in [9.17, 15) is 4.39 Å². The van der Waals surface area contributed by atoms with Gasteiger partial charge in [0, 0.05) is 28.5 Å². The monoisotopic (exact) mass is 373 g/mol. The molecular formula is C17H16FN5S2. The molecule has 128 valence electrons. The van der Waals surface area contributed by atoms with Crippen molar-refractivity contribution in [3.63, 3.8) is 0 Å². The summed E-state index contributed by atoms with van der Waals surface area (Å²) in [6.07, 6.45) is 3.46. The molecule has 0 aliphatic heterocycles. The number of para-hydroxylation sites is 1. The van der Waals surface area contributed by atoms with Crippen LogP contribution in [0, 0.1) is 19.7 Å². The van der Waals surface area contributed by atoms with Crippen LogP contribution in [-0.4, -0.2) is 20.9 Å². The van der Waals surface area contributed by atoms with E-state index in [1.165, 1.54) is 6.07 Å². The van der Waals surface area contributed by atoms with Gasteiger partial charge < -0.3 is 5.32 Å². The van der Waals surface area contributed by atoms with E-state index in [0.717, 1.165) is 22.1 Å². The number of halogens is 1. The first-order valence-corrected chi connectivity index (χ1v) is 8.78. The summed E-state index contributed by atoms with van der Waals surface area (Å²) in [5.41, 5.74) is 6.06. The molecule has 5 nitrogen and oxygen atoms in total. The third-order valence-corrected chi connectivity index (χ3v) is 4.52. The standard InChI is InChI=1S/C17H16FN5S2/c1-11-9-13(12(2)23(11)17-19-7-8-25-17)10-20-22-16(24)21-15-6-4-3-5-14(15)18/h3-10H,1-2H3,(H2,21,22,24)/b20-10-. The molecular weight excluding hydrogens is 357 g/mol. The first-order valence-electron chi connectivity index (χ1n) is 7.49. The molecule has 0 radical (unpaired) electrons. The molecule has 0 saturated heterocycles. The maximum absolute atomic E-state index is 13.6. The van der Waals surface area contributed by atoms with Crippen molar-refractivity contribution in [3.8, 4) is 5.13 Å². The fourth-order valence-electron chi connectivity index (χ4n) is 2.41. The van der Waals surface area contributed by atoms with E-state index in [-0.39, 0.29) is 10.9 Å². The number of hydrazone groups is 1. The maximum atomic E-state index is 13.6. The van der Waals surface area contributed by atoms with Gasteiger partial charge in [0.2, 0.25) is 0 Å². The number of hydrogen-bond acceptors (Lipinski definition) is 4. The molecule has 2 aromatic heterocycles. The van der Waals surface area contributed by atoms with Gasteiger partial charge in [-0.2, -0.15) is 5.10 Å². The van der Waals surface area contributed by atoms with E-state index in [0.29, 0.717) is 5.69 Å². The Bertz CT molecular complexity index is 915. The highest BCUT2D eigenvalue weighted by molar-refractivity contribution is 7.80. The third kappa shape index (κ3) is 3.92. The SMILES string of the molecule is Cc1cc(/C=N\NC(=S)Nc2ccccc2F)c(C)n1-c1nccs1. The summed E-state index contributed by atoms with van der Waals surface area (Å²) < 4.78 is 15.6.